The highest BCUT2D eigenvalue weighted by Crippen LogP contribution is 2.08. The van der Waals surface area contributed by atoms with Crippen molar-refractivity contribution >= 4 is 21.4 Å². The summed E-state index contributed by atoms with van der Waals surface area (Å²) >= 11 is 1.45. The molecule has 4 nitrogen and oxygen atoms in total. The van der Waals surface area contributed by atoms with E-state index in [1.165, 1.54) is 28.9 Å². The molecule has 6 heteroatoms. The fourth-order valence-electron chi connectivity index (χ4n) is 0.639. The van der Waals surface area contributed by atoms with Gasteiger partial charge in [-0.05, 0) is 0 Å². The minimum absolute atomic E-state index is 0.358. The summed E-state index contributed by atoms with van der Waals surface area (Å²) in [6.07, 6.45) is 2.84. The summed E-state index contributed by atoms with van der Waals surface area (Å²) in [6, 6.07) is 0. The molecule has 0 saturated heterocycles. The maximum atomic E-state index is 11.0. The molecule has 68 valence electrons. The zero-order valence-electron chi connectivity index (χ0n) is 6.89. The third kappa shape index (κ3) is 2.54. The predicted molar refractivity (Wildman–Crippen MR) is 48.4 cm³/mol. The first kappa shape index (κ1) is 9.63. The highest BCUT2D eigenvalue weighted by molar-refractivity contribution is 7.88. The second-order valence-electron chi connectivity index (χ2n) is 2.44. The van der Waals surface area contributed by atoms with Crippen molar-refractivity contribution in [1.82, 2.24) is 9.29 Å². The van der Waals surface area contributed by atoms with Gasteiger partial charge in [-0.15, -0.1) is 11.3 Å². The number of nitrogens with zero attached hydrogens (tertiary/aromatic N) is 2. The van der Waals surface area contributed by atoms with Crippen molar-refractivity contribution in [2.75, 3.05) is 13.3 Å². The third-order valence-corrected chi connectivity index (χ3v) is 3.43. The Kier molecular flexibility index (Phi) is 2.81. The van der Waals surface area contributed by atoms with Gasteiger partial charge in [0.2, 0.25) is 10.0 Å². The molecule has 1 aromatic heterocycles. The summed E-state index contributed by atoms with van der Waals surface area (Å²) in [7, 11) is -1.54. The number of sulfonamides is 1. The molecule has 0 bridgehead atoms. The zero-order chi connectivity index (χ0) is 9.19. The maximum absolute atomic E-state index is 11.0. The van der Waals surface area contributed by atoms with Crippen LogP contribution >= 0.6 is 11.3 Å². The van der Waals surface area contributed by atoms with E-state index in [9.17, 15) is 8.42 Å². The number of aromatic nitrogens is 1. The highest BCUT2D eigenvalue weighted by atomic mass is 32.2. The minimum Gasteiger partial charge on any atom is -0.248 e. The molecule has 0 fully saturated rings. The quantitative estimate of drug-likeness (QED) is 0.725. The van der Waals surface area contributed by atoms with Gasteiger partial charge in [-0.1, -0.05) is 0 Å². The Hall–Kier alpha value is -0.460. The molecule has 0 saturated carbocycles. The van der Waals surface area contributed by atoms with E-state index in [0.29, 0.717) is 6.54 Å². The van der Waals surface area contributed by atoms with Gasteiger partial charge in [0.1, 0.15) is 5.01 Å². The van der Waals surface area contributed by atoms with Crippen molar-refractivity contribution < 1.29 is 8.42 Å². The van der Waals surface area contributed by atoms with Gasteiger partial charge in [0.25, 0.3) is 0 Å². The third-order valence-electron chi connectivity index (χ3n) is 1.41. The van der Waals surface area contributed by atoms with Gasteiger partial charge >= 0.3 is 0 Å². The number of hydrogen-bond acceptors (Lipinski definition) is 4. The van der Waals surface area contributed by atoms with Crippen LogP contribution in [0.5, 0.6) is 0 Å². The van der Waals surface area contributed by atoms with E-state index in [4.69, 9.17) is 0 Å². The average molecular weight is 206 g/mol. The molecule has 0 aliphatic rings. The van der Waals surface area contributed by atoms with Crippen LogP contribution in [-0.4, -0.2) is 31.0 Å². The van der Waals surface area contributed by atoms with Gasteiger partial charge in [-0.3, -0.25) is 0 Å². The van der Waals surface area contributed by atoms with Crippen LogP contribution in [0.2, 0.25) is 0 Å². The fourth-order valence-corrected chi connectivity index (χ4v) is 1.75. The van der Waals surface area contributed by atoms with Crippen molar-refractivity contribution in [2.45, 2.75) is 6.54 Å². The van der Waals surface area contributed by atoms with Crippen LogP contribution in [0, 0.1) is 0 Å². The molecule has 0 amide bonds. The number of thiazole rings is 1. The highest BCUT2D eigenvalue weighted by Gasteiger charge is 2.11. The summed E-state index contributed by atoms with van der Waals surface area (Å²) < 4.78 is 23.2. The molecule has 0 radical (unpaired) electrons. The predicted octanol–water partition coefficient (Wildman–Crippen LogP) is 0.535. The van der Waals surface area contributed by atoms with Gasteiger partial charge in [0.15, 0.2) is 0 Å². The van der Waals surface area contributed by atoms with Crippen LogP contribution in [0.1, 0.15) is 5.01 Å². The molecule has 0 atom stereocenters. The largest absolute Gasteiger partial charge is 0.248 e. The molecule has 12 heavy (non-hydrogen) atoms. The Labute approximate surface area is 75.9 Å². The summed E-state index contributed by atoms with van der Waals surface area (Å²) in [5.74, 6) is 0. The molecule has 0 N–H and O–H groups in total. The van der Waals surface area contributed by atoms with Crippen molar-refractivity contribution in [1.29, 1.82) is 0 Å². The van der Waals surface area contributed by atoms with E-state index < -0.39 is 10.0 Å². The Bertz CT molecular complexity index is 330. The Balaban J connectivity index is 2.66. The average Bonchev–Trinajstić information content (AvgIpc) is 2.37. The number of hydrogen-bond donors (Lipinski definition) is 0. The molecule has 0 aromatic carbocycles. The SMILES string of the molecule is CN(Cc1nccs1)S(C)(=O)=O. The summed E-state index contributed by atoms with van der Waals surface area (Å²) in [4.78, 5) is 3.98. The lowest BCUT2D eigenvalue weighted by molar-refractivity contribution is 0.471. The lowest BCUT2D eigenvalue weighted by Gasteiger charge is -2.11. The second-order valence-corrected chi connectivity index (χ2v) is 5.51. The molecular weight excluding hydrogens is 196 g/mol. The van der Waals surface area contributed by atoms with Crippen molar-refractivity contribution in [3.8, 4) is 0 Å². The van der Waals surface area contributed by atoms with Gasteiger partial charge in [0.05, 0.1) is 12.8 Å². The molecule has 0 unspecified atom stereocenters. The first-order chi connectivity index (χ1) is 5.50. The van der Waals surface area contributed by atoms with Gasteiger partial charge < -0.3 is 0 Å². The fraction of sp³-hybridized carbons (Fsp3) is 0.500. The summed E-state index contributed by atoms with van der Waals surface area (Å²) in [6.45, 7) is 0.358. The van der Waals surface area contributed by atoms with Crippen LogP contribution in [0.3, 0.4) is 0 Å². The maximum Gasteiger partial charge on any atom is 0.211 e. The Morgan fingerprint density at radius 1 is 1.67 bits per heavy atom. The first-order valence-corrected chi connectivity index (χ1v) is 6.02. The van der Waals surface area contributed by atoms with E-state index in [2.05, 4.69) is 4.98 Å². The molecule has 0 aliphatic heterocycles. The molecule has 0 aliphatic carbocycles. The zero-order valence-corrected chi connectivity index (χ0v) is 8.52. The van der Waals surface area contributed by atoms with Crippen molar-refractivity contribution in [3.05, 3.63) is 16.6 Å². The van der Waals surface area contributed by atoms with Gasteiger partial charge in [-0.25, -0.2) is 13.4 Å². The van der Waals surface area contributed by atoms with Crippen molar-refractivity contribution in [2.24, 2.45) is 0 Å². The second kappa shape index (κ2) is 3.51. The molecule has 1 heterocycles. The van der Waals surface area contributed by atoms with E-state index in [-0.39, 0.29) is 0 Å². The van der Waals surface area contributed by atoms with Crippen LogP contribution in [0.4, 0.5) is 0 Å². The van der Waals surface area contributed by atoms with E-state index >= 15 is 0 Å². The first-order valence-electron chi connectivity index (χ1n) is 3.30. The summed E-state index contributed by atoms with van der Waals surface area (Å²) in [5.41, 5.74) is 0. The van der Waals surface area contributed by atoms with Gasteiger partial charge in [0, 0.05) is 18.6 Å². The van der Waals surface area contributed by atoms with E-state index in [0.717, 1.165) is 5.01 Å². The molecule has 1 rings (SSSR count). The summed E-state index contributed by atoms with van der Waals surface area (Å²) in [5, 5.41) is 2.63. The Morgan fingerprint density at radius 3 is 2.75 bits per heavy atom. The van der Waals surface area contributed by atoms with Gasteiger partial charge in [-0.2, -0.15) is 4.31 Å². The van der Waals surface area contributed by atoms with E-state index in [1.807, 2.05) is 5.38 Å². The smallest absolute Gasteiger partial charge is 0.211 e. The molecular formula is C6H10N2O2S2. The molecule has 0 spiro atoms. The topological polar surface area (TPSA) is 50.3 Å². The van der Waals surface area contributed by atoms with E-state index in [1.54, 1.807) is 6.20 Å². The van der Waals surface area contributed by atoms with Crippen molar-refractivity contribution in [3.63, 3.8) is 0 Å². The van der Waals surface area contributed by atoms with Crippen LogP contribution < -0.4 is 0 Å². The normalized spacial score (nSPS) is 12.2. The number of rotatable bonds is 3. The lowest BCUT2D eigenvalue weighted by atomic mass is 10.7. The van der Waals surface area contributed by atoms with Crippen LogP contribution in [-0.2, 0) is 16.6 Å². The van der Waals surface area contributed by atoms with Crippen LogP contribution in [0.15, 0.2) is 11.6 Å². The Morgan fingerprint density at radius 2 is 2.33 bits per heavy atom. The van der Waals surface area contributed by atoms with Crippen LogP contribution in [0.25, 0.3) is 0 Å². The molecule has 1 aromatic rings. The minimum atomic E-state index is -3.08. The standard InChI is InChI=1S/C6H10N2O2S2/c1-8(12(2,9)10)5-6-7-3-4-11-6/h3-4H,5H2,1-2H3. The monoisotopic (exact) mass is 206 g/mol. The lowest BCUT2D eigenvalue weighted by Crippen LogP contribution is -2.24.